The Morgan fingerprint density at radius 2 is 2.12 bits per heavy atom. The van der Waals surface area contributed by atoms with E-state index in [-0.39, 0.29) is 23.8 Å². The van der Waals surface area contributed by atoms with Crippen LogP contribution in [-0.2, 0) is 16.1 Å². The minimum Gasteiger partial charge on any atom is -0.352 e. The maximum absolute atomic E-state index is 12.5. The number of nitrogens with one attached hydrogen (secondary N) is 3. The molecule has 2 aliphatic heterocycles. The molecule has 3 N–H and O–H groups in total. The number of carbonyl (C=O) groups excluding carboxylic acids is 2. The molecule has 24 heavy (non-hydrogen) atoms. The number of carbonyl (C=O) groups is 2. The average molecular weight is 330 g/mol. The van der Waals surface area contributed by atoms with Crippen LogP contribution in [0.5, 0.6) is 0 Å². The van der Waals surface area contributed by atoms with Crippen LogP contribution in [-0.4, -0.2) is 42.4 Å². The fourth-order valence-electron chi connectivity index (χ4n) is 3.45. The molecular formula is C18H26N4O2. The third-order valence-corrected chi connectivity index (χ3v) is 4.91. The molecule has 0 bridgehead atoms. The summed E-state index contributed by atoms with van der Waals surface area (Å²) in [6.45, 7) is 5.06. The van der Waals surface area contributed by atoms with Crippen LogP contribution in [0.25, 0.3) is 0 Å². The van der Waals surface area contributed by atoms with Gasteiger partial charge in [-0.05, 0) is 31.9 Å². The second-order valence-corrected chi connectivity index (χ2v) is 6.82. The molecule has 0 aromatic heterocycles. The van der Waals surface area contributed by atoms with Gasteiger partial charge in [-0.1, -0.05) is 29.8 Å². The maximum Gasteiger partial charge on any atom is 0.235 e. The number of rotatable bonds is 4. The quantitative estimate of drug-likeness (QED) is 0.760. The molecule has 2 atom stereocenters. The molecule has 1 aromatic carbocycles. The predicted octanol–water partition coefficient (Wildman–Crippen LogP) is 0.716. The van der Waals surface area contributed by atoms with Gasteiger partial charge in [-0.3, -0.25) is 19.9 Å². The highest BCUT2D eigenvalue weighted by atomic mass is 16.2. The summed E-state index contributed by atoms with van der Waals surface area (Å²) in [6.07, 6.45) is 2.42. The van der Waals surface area contributed by atoms with E-state index in [0.717, 1.165) is 38.0 Å². The molecule has 3 rings (SSSR count). The lowest BCUT2D eigenvalue weighted by molar-refractivity contribution is -0.128. The van der Waals surface area contributed by atoms with E-state index in [0.29, 0.717) is 13.0 Å². The smallest absolute Gasteiger partial charge is 0.235 e. The van der Waals surface area contributed by atoms with Crippen LogP contribution >= 0.6 is 0 Å². The van der Waals surface area contributed by atoms with Gasteiger partial charge in [-0.2, -0.15) is 0 Å². The molecule has 2 fully saturated rings. The Morgan fingerprint density at radius 1 is 1.33 bits per heavy atom. The van der Waals surface area contributed by atoms with Gasteiger partial charge in [-0.15, -0.1) is 0 Å². The lowest BCUT2D eigenvalue weighted by Crippen LogP contribution is -2.57. The standard InChI is InChI=1S/C18H26N4O2/c1-13-4-6-14(7-5-13)10-19-18(24)15-3-2-8-22(12-15)16-9-17(23)21-20-11-16/h4-7,15-16,20H,2-3,8-12H2,1H3,(H,19,24)(H,21,23). The van der Waals surface area contributed by atoms with E-state index in [4.69, 9.17) is 0 Å². The largest absolute Gasteiger partial charge is 0.352 e. The summed E-state index contributed by atoms with van der Waals surface area (Å²) in [4.78, 5) is 26.3. The molecule has 130 valence electrons. The lowest BCUT2D eigenvalue weighted by atomic mass is 9.94. The molecule has 2 saturated heterocycles. The van der Waals surface area contributed by atoms with Crippen molar-refractivity contribution in [1.29, 1.82) is 0 Å². The van der Waals surface area contributed by atoms with Crippen LogP contribution in [0.3, 0.4) is 0 Å². The molecule has 2 unspecified atom stereocenters. The van der Waals surface area contributed by atoms with Crippen molar-refractivity contribution in [3.63, 3.8) is 0 Å². The Bertz CT molecular complexity index is 587. The van der Waals surface area contributed by atoms with Crippen molar-refractivity contribution in [2.45, 2.75) is 38.8 Å². The Hall–Kier alpha value is -1.92. The van der Waals surface area contributed by atoms with Crippen LogP contribution < -0.4 is 16.2 Å². The molecule has 2 amide bonds. The van der Waals surface area contributed by atoms with E-state index in [1.807, 2.05) is 0 Å². The van der Waals surface area contributed by atoms with E-state index >= 15 is 0 Å². The fraction of sp³-hybridized carbons (Fsp3) is 0.556. The molecule has 2 heterocycles. The fourth-order valence-corrected chi connectivity index (χ4v) is 3.45. The van der Waals surface area contributed by atoms with E-state index in [9.17, 15) is 9.59 Å². The summed E-state index contributed by atoms with van der Waals surface area (Å²) < 4.78 is 0. The first kappa shape index (κ1) is 16.9. The summed E-state index contributed by atoms with van der Waals surface area (Å²) in [5.41, 5.74) is 7.91. The van der Waals surface area contributed by atoms with Gasteiger partial charge in [0.15, 0.2) is 0 Å². The highest BCUT2D eigenvalue weighted by Crippen LogP contribution is 2.20. The van der Waals surface area contributed by atoms with Crippen LogP contribution in [0.1, 0.15) is 30.4 Å². The number of likely N-dealkylation sites (tertiary alicyclic amines) is 1. The van der Waals surface area contributed by atoms with Crippen molar-refractivity contribution in [3.05, 3.63) is 35.4 Å². The number of piperidine rings is 1. The number of aryl methyl sites for hydroxylation is 1. The first-order chi connectivity index (χ1) is 11.6. The van der Waals surface area contributed by atoms with E-state index < -0.39 is 0 Å². The first-order valence-electron chi connectivity index (χ1n) is 8.71. The van der Waals surface area contributed by atoms with Gasteiger partial charge < -0.3 is 5.32 Å². The van der Waals surface area contributed by atoms with Gasteiger partial charge in [-0.25, -0.2) is 5.43 Å². The highest BCUT2D eigenvalue weighted by molar-refractivity contribution is 5.79. The number of hydrogen-bond acceptors (Lipinski definition) is 4. The van der Waals surface area contributed by atoms with Gasteiger partial charge in [0.2, 0.25) is 11.8 Å². The van der Waals surface area contributed by atoms with Gasteiger partial charge in [0, 0.05) is 32.1 Å². The molecule has 6 nitrogen and oxygen atoms in total. The molecule has 0 aliphatic carbocycles. The van der Waals surface area contributed by atoms with Crippen molar-refractivity contribution in [1.82, 2.24) is 21.1 Å². The van der Waals surface area contributed by atoms with Gasteiger partial charge in [0.1, 0.15) is 0 Å². The zero-order valence-electron chi connectivity index (χ0n) is 14.2. The zero-order valence-corrected chi connectivity index (χ0v) is 14.2. The Kier molecular flexibility index (Phi) is 5.48. The molecular weight excluding hydrogens is 304 g/mol. The molecule has 0 spiro atoms. The minimum absolute atomic E-state index is 0.00851. The minimum atomic E-state index is 0.00851. The molecule has 2 aliphatic rings. The van der Waals surface area contributed by atoms with Gasteiger partial charge in [0.25, 0.3) is 0 Å². The van der Waals surface area contributed by atoms with Crippen LogP contribution in [0, 0.1) is 12.8 Å². The van der Waals surface area contributed by atoms with Crippen molar-refractivity contribution < 1.29 is 9.59 Å². The Morgan fingerprint density at radius 3 is 2.88 bits per heavy atom. The summed E-state index contributed by atoms with van der Waals surface area (Å²) in [5, 5.41) is 3.06. The number of benzene rings is 1. The normalized spacial score (nSPS) is 25.1. The number of nitrogens with zero attached hydrogens (tertiary/aromatic N) is 1. The number of hydrazine groups is 1. The van der Waals surface area contributed by atoms with E-state index in [1.165, 1.54) is 5.56 Å². The maximum atomic E-state index is 12.5. The van der Waals surface area contributed by atoms with Crippen LogP contribution in [0.15, 0.2) is 24.3 Å². The molecule has 6 heteroatoms. The first-order valence-corrected chi connectivity index (χ1v) is 8.71. The third kappa shape index (κ3) is 4.33. The summed E-state index contributed by atoms with van der Waals surface area (Å²) >= 11 is 0. The van der Waals surface area contributed by atoms with Crippen molar-refractivity contribution in [2.75, 3.05) is 19.6 Å². The second-order valence-electron chi connectivity index (χ2n) is 6.82. The lowest BCUT2D eigenvalue weighted by Gasteiger charge is -2.39. The molecule has 1 aromatic rings. The average Bonchev–Trinajstić information content (AvgIpc) is 2.61. The van der Waals surface area contributed by atoms with Gasteiger partial charge in [0.05, 0.1) is 5.92 Å². The van der Waals surface area contributed by atoms with Crippen molar-refractivity contribution in [2.24, 2.45) is 5.92 Å². The van der Waals surface area contributed by atoms with E-state index in [2.05, 4.69) is 52.3 Å². The monoisotopic (exact) mass is 330 g/mol. The Balaban J connectivity index is 1.51. The van der Waals surface area contributed by atoms with E-state index in [1.54, 1.807) is 0 Å². The topological polar surface area (TPSA) is 73.5 Å². The van der Waals surface area contributed by atoms with Crippen molar-refractivity contribution in [3.8, 4) is 0 Å². The van der Waals surface area contributed by atoms with Crippen LogP contribution in [0.2, 0.25) is 0 Å². The second kappa shape index (κ2) is 7.77. The number of amides is 2. The molecule has 0 saturated carbocycles. The third-order valence-electron chi connectivity index (χ3n) is 4.91. The van der Waals surface area contributed by atoms with Crippen molar-refractivity contribution >= 4 is 11.8 Å². The highest BCUT2D eigenvalue weighted by Gasteiger charge is 2.32. The summed E-state index contributed by atoms with van der Waals surface area (Å²) in [7, 11) is 0. The van der Waals surface area contributed by atoms with Crippen LogP contribution in [0.4, 0.5) is 0 Å². The molecule has 0 radical (unpaired) electrons. The summed E-state index contributed by atoms with van der Waals surface area (Å²) in [5.74, 6) is 0.153. The SMILES string of the molecule is Cc1ccc(CNC(=O)C2CCCN(C3CNNC(=O)C3)C2)cc1. The summed E-state index contributed by atoms with van der Waals surface area (Å²) in [6, 6.07) is 8.41. The van der Waals surface area contributed by atoms with Gasteiger partial charge >= 0.3 is 0 Å². The zero-order chi connectivity index (χ0) is 16.9. The predicted molar refractivity (Wildman–Crippen MR) is 91.9 cm³/mol. The Labute approximate surface area is 143 Å². The number of hydrogen-bond donors (Lipinski definition) is 3.